The SMILES string of the molecule is O=C(NC[C@H](O)Cc1ccccc1)c1ccccc1. The predicted octanol–water partition coefficient (Wildman–Crippen LogP) is 2.02. The Morgan fingerprint density at radius 2 is 1.58 bits per heavy atom. The molecule has 1 amide bonds. The van der Waals surface area contributed by atoms with Gasteiger partial charge in [0.2, 0.25) is 0 Å². The van der Waals surface area contributed by atoms with E-state index in [1.807, 2.05) is 48.5 Å². The van der Waals surface area contributed by atoms with Crippen LogP contribution in [0.25, 0.3) is 0 Å². The molecule has 0 aliphatic heterocycles. The second-order valence-electron chi connectivity index (χ2n) is 4.42. The van der Waals surface area contributed by atoms with Crippen molar-refractivity contribution in [3.63, 3.8) is 0 Å². The van der Waals surface area contributed by atoms with Crippen molar-refractivity contribution < 1.29 is 9.90 Å². The Morgan fingerprint density at radius 3 is 2.21 bits per heavy atom. The number of rotatable bonds is 5. The van der Waals surface area contributed by atoms with E-state index < -0.39 is 6.10 Å². The maximum Gasteiger partial charge on any atom is 0.251 e. The number of aliphatic hydroxyl groups excluding tert-OH is 1. The summed E-state index contributed by atoms with van der Waals surface area (Å²) in [6, 6.07) is 18.7. The van der Waals surface area contributed by atoms with E-state index in [0.717, 1.165) is 5.56 Å². The van der Waals surface area contributed by atoms with Crippen LogP contribution < -0.4 is 5.32 Å². The van der Waals surface area contributed by atoms with Crippen LogP contribution in [0.1, 0.15) is 15.9 Å². The van der Waals surface area contributed by atoms with Crippen molar-refractivity contribution >= 4 is 5.91 Å². The summed E-state index contributed by atoms with van der Waals surface area (Å²) in [7, 11) is 0. The van der Waals surface area contributed by atoms with E-state index in [2.05, 4.69) is 5.32 Å². The molecule has 0 bridgehead atoms. The molecule has 0 spiro atoms. The van der Waals surface area contributed by atoms with Crippen LogP contribution in [0.2, 0.25) is 0 Å². The molecule has 0 fully saturated rings. The standard InChI is InChI=1S/C16H17NO2/c18-15(11-13-7-3-1-4-8-13)12-17-16(19)14-9-5-2-6-10-14/h1-10,15,18H,11-12H2,(H,17,19)/t15-/m1/s1. The smallest absolute Gasteiger partial charge is 0.251 e. The fraction of sp³-hybridized carbons (Fsp3) is 0.188. The molecule has 2 aromatic carbocycles. The molecule has 0 unspecified atom stereocenters. The Morgan fingerprint density at radius 1 is 1.00 bits per heavy atom. The first-order valence-electron chi connectivity index (χ1n) is 6.31. The number of nitrogens with one attached hydrogen (secondary N) is 1. The summed E-state index contributed by atoms with van der Waals surface area (Å²) in [5.74, 6) is -0.160. The van der Waals surface area contributed by atoms with Gasteiger partial charge >= 0.3 is 0 Å². The highest BCUT2D eigenvalue weighted by molar-refractivity contribution is 5.94. The van der Waals surface area contributed by atoms with Crippen molar-refractivity contribution in [3.8, 4) is 0 Å². The lowest BCUT2D eigenvalue weighted by Crippen LogP contribution is -2.33. The minimum absolute atomic E-state index is 0.160. The van der Waals surface area contributed by atoms with Gasteiger partial charge in [0.05, 0.1) is 6.10 Å². The quantitative estimate of drug-likeness (QED) is 0.858. The van der Waals surface area contributed by atoms with Gasteiger partial charge in [-0.05, 0) is 17.7 Å². The van der Waals surface area contributed by atoms with Crippen LogP contribution in [0.15, 0.2) is 60.7 Å². The van der Waals surface area contributed by atoms with Gasteiger partial charge in [-0.25, -0.2) is 0 Å². The monoisotopic (exact) mass is 255 g/mol. The molecule has 0 saturated carbocycles. The van der Waals surface area contributed by atoms with Crippen LogP contribution in [0.5, 0.6) is 0 Å². The third-order valence-electron chi connectivity index (χ3n) is 2.85. The van der Waals surface area contributed by atoms with E-state index in [4.69, 9.17) is 0 Å². The van der Waals surface area contributed by atoms with Gasteiger partial charge in [-0.3, -0.25) is 4.79 Å². The van der Waals surface area contributed by atoms with Gasteiger partial charge in [0.1, 0.15) is 0 Å². The molecule has 0 saturated heterocycles. The molecule has 0 radical (unpaired) electrons. The minimum Gasteiger partial charge on any atom is -0.391 e. The number of amides is 1. The highest BCUT2D eigenvalue weighted by atomic mass is 16.3. The highest BCUT2D eigenvalue weighted by Crippen LogP contribution is 2.03. The van der Waals surface area contributed by atoms with Crippen molar-refractivity contribution in [1.82, 2.24) is 5.32 Å². The molecule has 1 atom stereocenters. The molecule has 0 aliphatic carbocycles. The lowest BCUT2D eigenvalue weighted by Gasteiger charge is -2.12. The minimum atomic E-state index is -0.574. The zero-order chi connectivity index (χ0) is 13.5. The fourth-order valence-electron chi connectivity index (χ4n) is 1.86. The topological polar surface area (TPSA) is 49.3 Å². The van der Waals surface area contributed by atoms with Crippen LogP contribution in [0.3, 0.4) is 0 Å². The van der Waals surface area contributed by atoms with Gasteiger partial charge in [-0.1, -0.05) is 48.5 Å². The van der Waals surface area contributed by atoms with Gasteiger partial charge in [0.15, 0.2) is 0 Å². The lowest BCUT2D eigenvalue weighted by molar-refractivity contribution is 0.0916. The number of carbonyl (C=O) groups excluding carboxylic acids is 1. The van der Waals surface area contributed by atoms with Crippen molar-refractivity contribution in [2.24, 2.45) is 0 Å². The van der Waals surface area contributed by atoms with Gasteiger partial charge < -0.3 is 10.4 Å². The molecule has 98 valence electrons. The number of benzene rings is 2. The van der Waals surface area contributed by atoms with Crippen molar-refractivity contribution in [3.05, 3.63) is 71.8 Å². The van der Waals surface area contributed by atoms with E-state index >= 15 is 0 Å². The lowest BCUT2D eigenvalue weighted by atomic mass is 10.1. The molecule has 2 rings (SSSR count). The van der Waals surface area contributed by atoms with Crippen LogP contribution in [-0.2, 0) is 6.42 Å². The molecule has 3 heteroatoms. The third-order valence-corrected chi connectivity index (χ3v) is 2.85. The van der Waals surface area contributed by atoms with E-state index in [-0.39, 0.29) is 12.5 Å². The molecule has 0 aromatic heterocycles. The van der Waals surface area contributed by atoms with Crippen molar-refractivity contribution in [2.45, 2.75) is 12.5 Å². The molecular formula is C16H17NO2. The Labute approximate surface area is 112 Å². The molecule has 3 nitrogen and oxygen atoms in total. The second-order valence-corrected chi connectivity index (χ2v) is 4.42. The molecule has 2 N–H and O–H groups in total. The average molecular weight is 255 g/mol. The predicted molar refractivity (Wildman–Crippen MR) is 74.9 cm³/mol. The summed E-state index contributed by atoms with van der Waals surface area (Å²) in [5, 5.41) is 12.6. The molecule has 0 aliphatic rings. The fourth-order valence-corrected chi connectivity index (χ4v) is 1.86. The first-order chi connectivity index (χ1) is 9.25. The summed E-state index contributed by atoms with van der Waals surface area (Å²) >= 11 is 0. The van der Waals surface area contributed by atoms with Crippen molar-refractivity contribution in [2.75, 3.05) is 6.54 Å². The zero-order valence-electron chi connectivity index (χ0n) is 10.6. The van der Waals surface area contributed by atoms with E-state index in [0.29, 0.717) is 12.0 Å². The average Bonchev–Trinajstić information content (AvgIpc) is 2.47. The summed E-state index contributed by atoms with van der Waals surface area (Å²) in [6.45, 7) is 0.253. The van der Waals surface area contributed by atoms with Crippen LogP contribution in [0.4, 0.5) is 0 Å². The highest BCUT2D eigenvalue weighted by Gasteiger charge is 2.09. The second kappa shape index (κ2) is 6.71. The van der Waals surface area contributed by atoms with Crippen molar-refractivity contribution in [1.29, 1.82) is 0 Å². The Kier molecular flexibility index (Phi) is 4.70. The maximum atomic E-state index is 11.8. The molecule has 2 aromatic rings. The molecule has 0 heterocycles. The van der Waals surface area contributed by atoms with E-state index in [9.17, 15) is 9.90 Å². The number of hydrogen-bond donors (Lipinski definition) is 2. The van der Waals surface area contributed by atoms with Gasteiger partial charge in [0.25, 0.3) is 5.91 Å². The first-order valence-corrected chi connectivity index (χ1v) is 6.31. The number of hydrogen-bond acceptors (Lipinski definition) is 2. The number of carbonyl (C=O) groups is 1. The summed E-state index contributed by atoms with van der Waals surface area (Å²) in [5.41, 5.74) is 1.67. The van der Waals surface area contributed by atoms with Crippen LogP contribution in [0, 0.1) is 0 Å². The van der Waals surface area contributed by atoms with E-state index in [1.165, 1.54) is 0 Å². The van der Waals surface area contributed by atoms with Gasteiger partial charge in [-0.15, -0.1) is 0 Å². The Bertz CT molecular complexity index is 511. The normalized spacial score (nSPS) is 11.8. The number of aliphatic hydroxyl groups is 1. The van der Waals surface area contributed by atoms with Gasteiger partial charge in [0, 0.05) is 18.5 Å². The van der Waals surface area contributed by atoms with Crippen LogP contribution >= 0.6 is 0 Å². The summed E-state index contributed by atoms with van der Waals surface area (Å²) < 4.78 is 0. The zero-order valence-corrected chi connectivity index (χ0v) is 10.6. The van der Waals surface area contributed by atoms with E-state index in [1.54, 1.807) is 12.1 Å². The molecular weight excluding hydrogens is 238 g/mol. The molecule has 19 heavy (non-hydrogen) atoms. The summed E-state index contributed by atoms with van der Waals surface area (Å²) in [4.78, 5) is 11.8. The maximum absolute atomic E-state index is 11.8. The largest absolute Gasteiger partial charge is 0.391 e. The van der Waals surface area contributed by atoms with Crippen LogP contribution in [-0.4, -0.2) is 23.7 Å². The van der Waals surface area contributed by atoms with Gasteiger partial charge in [-0.2, -0.15) is 0 Å². The summed E-state index contributed by atoms with van der Waals surface area (Å²) in [6.07, 6.45) is -0.0364. The Balaban J connectivity index is 1.81. The Hall–Kier alpha value is -2.13. The third kappa shape index (κ3) is 4.23. The first kappa shape index (κ1) is 13.3.